The first kappa shape index (κ1) is 14.5. The Morgan fingerprint density at radius 3 is 2.83 bits per heavy atom. The molecule has 0 radical (unpaired) electrons. The Balaban J connectivity index is 2.62. The van der Waals surface area contributed by atoms with Gasteiger partial charge < -0.3 is 14.8 Å². The fraction of sp³-hybridized carbons (Fsp3) is 0.750. The highest BCUT2D eigenvalue weighted by molar-refractivity contribution is 5.86. The third-order valence-corrected chi connectivity index (χ3v) is 3.04. The summed E-state index contributed by atoms with van der Waals surface area (Å²) in [4.78, 5) is 23.5. The molecule has 0 bridgehead atoms. The molecule has 18 heavy (non-hydrogen) atoms. The van der Waals surface area contributed by atoms with Crippen molar-refractivity contribution in [3.8, 4) is 6.07 Å². The smallest absolute Gasteiger partial charge is 0.328 e. The summed E-state index contributed by atoms with van der Waals surface area (Å²) in [5.74, 6) is -1.24. The minimum atomic E-state index is -0.775. The Kier molecular flexibility index (Phi) is 5.59. The minimum Gasteiger partial charge on any atom is -0.467 e. The number of hydrogen-bond acceptors (Lipinski definition) is 5. The molecule has 1 rings (SSSR count). The first-order chi connectivity index (χ1) is 8.60. The first-order valence-corrected chi connectivity index (χ1v) is 5.93. The Morgan fingerprint density at radius 2 is 2.33 bits per heavy atom. The molecular weight excluding hydrogens is 236 g/mol. The molecule has 1 saturated heterocycles. The molecule has 6 nitrogen and oxygen atoms in total. The molecule has 1 aliphatic rings. The number of rotatable bonds is 5. The van der Waals surface area contributed by atoms with E-state index >= 15 is 0 Å². The zero-order valence-electron chi connectivity index (χ0n) is 10.6. The van der Waals surface area contributed by atoms with Crippen LogP contribution in [0, 0.1) is 23.2 Å². The van der Waals surface area contributed by atoms with Gasteiger partial charge in [-0.2, -0.15) is 5.26 Å². The van der Waals surface area contributed by atoms with Crippen LogP contribution in [0.2, 0.25) is 0 Å². The van der Waals surface area contributed by atoms with E-state index in [-0.39, 0.29) is 24.2 Å². The number of ether oxygens (including phenoxy) is 2. The average molecular weight is 254 g/mol. The molecule has 1 N–H and O–H groups in total. The second-order valence-corrected chi connectivity index (χ2v) is 4.41. The highest BCUT2D eigenvalue weighted by Gasteiger charge is 2.31. The fourth-order valence-corrected chi connectivity index (χ4v) is 1.83. The van der Waals surface area contributed by atoms with E-state index in [0.717, 1.165) is 0 Å². The van der Waals surface area contributed by atoms with Crippen LogP contribution < -0.4 is 5.32 Å². The van der Waals surface area contributed by atoms with Gasteiger partial charge in [-0.05, 0) is 6.42 Å². The van der Waals surface area contributed by atoms with Crippen LogP contribution in [0.25, 0.3) is 0 Å². The van der Waals surface area contributed by atoms with Crippen LogP contribution in [-0.4, -0.2) is 38.2 Å². The molecule has 0 spiro atoms. The number of carbonyl (C=O) groups is 2. The molecule has 100 valence electrons. The fourth-order valence-electron chi connectivity index (χ4n) is 1.83. The number of methoxy groups -OCH3 is 1. The molecule has 0 aromatic rings. The maximum absolute atomic E-state index is 11.9. The van der Waals surface area contributed by atoms with E-state index in [1.54, 1.807) is 6.92 Å². The standard InChI is InChI=1S/C12H18N2O4/c1-8(3-5-13)10(12(16)17-2)14-11(15)9-4-6-18-7-9/h8-10H,3-4,6-7H2,1-2H3,(H,14,15)/t8-,9+,10+/m0/s1. The third kappa shape index (κ3) is 3.70. The summed E-state index contributed by atoms with van der Waals surface area (Å²) in [6.07, 6.45) is 0.841. The van der Waals surface area contributed by atoms with Crippen LogP contribution in [0.5, 0.6) is 0 Å². The lowest BCUT2D eigenvalue weighted by Crippen LogP contribution is -2.48. The molecule has 0 saturated carbocycles. The van der Waals surface area contributed by atoms with Crippen molar-refractivity contribution in [2.45, 2.75) is 25.8 Å². The number of esters is 1. The van der Waals surface area contributed by atoms with Crippen molar-refractivity contribution in [3.05, 3.63) is 0 Å². The highest BCUT2D eigenvalue weighted by atomic mass is 16.5. The van der Waals surface area contributed by atoms with Crippen LogP contribution in [0.15, 0.2) is 0 Å². The first-order valence-electron chi connectivity index (χ1n) is 5.93. The summed E-state index contributed by atoms with van der Waals surface area (Å²) >= 11 is 0. The number of nitriles is 1. The molecule has 0 aliphatic carbocycles. The summed E-state index contributed by atoms with van der Waals surface area (Å²) in [6, 6.07) is 1.21. The van der Waals surface area contributed by atoms with Crippen molar-refractivity contribution < 1.29 is 19.1 Å². The number of nitrogens with one attached hydrogen (secondary N) is 1. The SMILES string of the molecule is COC(=O)[C@H](NC(=O)[C@@H]1CCOC1)[C@@H](C)CC#N. The monoisotopic (exact) mass is 254 g/mol. The van der Waals surface area contributed by atoms with Crippen molar-refractivity contribution in [2.24, 2.45) is 11.8 Å². The minimum absolute atomic E-state index is 0.182. The normalized spacial score (nSPS) is 21.7. The van der Waals surface area contributed by atoms with Gasteiger partial charge >= 0.3 is 5.97 Å². The van der Waals surface area contributed by atoms with Gasteiger partial charge in [0.15, 0.2) is 0 Å². The summed E-state index contributed by atoms with van der Waals surface area (Å²) < 4.78 is 9.77. The Morgan fingerprint density at radius 1 is 1.61 bits per heavy atom. The molecule has 6 heteroatoms. The Hall–Kier alpha value is -1.61. The van der Waals surface area contributed by atoms with Crippen molar-refractivity contribution in [1.82, 2.24) is 5.32 Å². The number of nitrogens with zero attached hydrogens (tertiary/aromatic N) is 1. The molecule has 0 aromatic carbocycles. The summed E-state index contributed by atoms with van der Waals surface area (Å²) in [5.41, 5.74) is 0. The Bertz CT molecular complexity index is 344. The Labute approximate surface area is 106 Å². The number of hydrogen-bond donors (Lipinski definition) is 1. The van der Waals surface area contributed by atoms with Gasteiger partial charge in [-0.25, -0.2) is 4.79 Å². The second-order valence-electron chi connectivity index (χ2n) is 4.41. The van der Waals surface area contributed by atoms with Crippen LogP contribution in [0.4, 0.5) is 0 Å². The number of carbonyl (C=O) groups excluding carboxylic acids is 2. The number of amides is 1. The third-order valence-electron chi connectivity index (χ3n) is 3.04. The predicted octanol–water partition coefficient (Wildman–Crippen LogP) is 0.230. The van der Waals surface area contributed by atoms with E-state index in [2.05, 4.69) is 10.1 Å². The largest absolute Gasteiger partial charge is 0.467 e. The van der Waals surface area contributed by atoms with Crippen molar-refractivity contribution >= 4 is 11.9 Å². The maximum atomic E-state index is 11.9. The van der Waals surface area contributed by atoms with E-state index in [9.17, 15) is 9.59 Å². The van der Waals surface area contributed by atoms with E-state index < -0.39 is 12.0 Å². The van der Waals surface area contributed by atoms with Crippen LogP contribution in [0.1, 0.15) is 19.8 Å². The topological polar surface area (TPSA) is 88.4 Å². The van der Waals surface area contributed by atoms with Gasteiger partial charge in [0.25, 0.3) is 0 Å². The maximum Gasteiger partial charge on any atom is 0.328 e. The molecule has 1 fully saturated rings. The van der Waals surface area contributed by atoms with E-state index in [1.807, 2.05) is 6.07 Å². The second kappa shape index (κ2) is 6.97. The molecule has 1 aliphatic heterocycles. The summed E-state index contributed by atoms with van der Waals surface area (Å²) in [6.45, 7) is 2.68. The van der Waals surface area contributed by atoms with Gasteiger partial charge in [-0.15, -0.1) is 0 Å². The van der Waals surface area contributed by atoms with Gasteiger partial charge in [-0.1, -0.05) is 6.92 Å². The van der Waals surface area contributed by atoms with Crippen LogP contribution >= 0.6 is 0 Å². The lowest BCUT2D eigenvalue weighted by Gasteiger charge is -2.22. The lowest BCUT2D eigenvalue weighted by molar-refractivity contribution is -0.147. The van der Waals surface area contributed by atoms with Gasteiger partial charge in [0, 0.05) is 18.9 Å². The van der Waals surface area contributed by atoms with Crippen molar-refractivity contribution in [2.75, 3.05) is 20.3 Å². The quantitative estimate of drug-likeness (QED) is 0.709. The molecular formula is C12H18N2O4. The van der Waals surface area contributed by atoms with Gasteiger partial charge in [0.1, 0.15) is 6.04 Å². The molecule has 0 aromatic heterocycles. The molecule has 3 atom stereocenters. The molecule has 0 unspecified atom stereocenters. The van der Waals surface area contributed by atoms with Gasteiger partial charge in [0.05, 0.1) is 25.7 Å². The van der Waals surface area contributed by atoms with E-state index in [4.69, 9.17) is 10.00 Å². The van der Waals surface area contributed by atoms with Gasteiger partial charge in [0.2, 0.25) is 5.91 Å². The average Bonchev–Trinajstić information content (AvgIpc) is 2.88. The zero-order chi connectivity index (χ0) is 13.5. The van der Waals surface area contributed by atoms with E-state index in [1.165, 1.54) is 7.11 Å². The lowest BCUT2D eigenvalue weighted by atomic mass is 9.97. The predicted molar refractivity (Wildman–Crippen MR) is 62.3 cm³/mol. The highest BCUT2D eigenvalue weighted by Crippen LogP contribution is 2.15. The zero-order valence-corrected chi connectivity index (χ0v) is 10.6. The van der Waals surface area contributed by atoms with Crippen LogP contribution in [-0.2, 0) is 19.1 Å². The molecule has 1 amide bonds. The summed E-state index contributed by atoms with van der Waals surface area (Å²) in [5, 5.41) is 11.3. The van der Waals surface area contributed by atoms with Crippen molar-refractivity contribution in [1.29, 1.82) is 5.26 Å². The van der Waals surface area contributed by atoms with E-state index in [0.29, 0.717) is 19.6 Å². The molecule has 1 heterocycles. The summed E-state index contributed by atoms with van der Waals surface area (Å²) in [7, 11) is 1.26. The van der Waals surface area contributed by atoms with Crippen molar-refractivity contribution in [3.63, 3.8) is 0 Å². The van der Waals surface area contributed by atoms with Crippen LogP contribution in [0.3, 0.4) is 0 Å². The van der Waals surface area contributed by atoms with Gasteiger partial charge in [-0.3, -0.25) is 4.79 Å².